The molecule has 3 amide bonds. The number of para-hydroxylation sites is 2. The summed E-state index contributed by atoms with van der Waals surface area (Å²) < 4.78 is 0. The van der Waals surface area contributed by atoms with E-state index >= 15 is 0 Å². The maximum Gasteiger partial charge on any atom is 0.262 e. The molecule has 0 bridgehead atoms. The summed E-state index contributed by atoms with van der Waals surface area (Å²) in [5, 5.41) is 10.6. The molecule has 1 aliphatic rings. The average molecular weight is 478 g/mol. The molecule has 0 aliphatic carbocycles. The number of amides is 3. The third kappa shape index (κ3) is 4.34. The number of hydrogen-bond donors (Lipinski definition) is 1. The Balaban J connectivity index is 1.59. The van der Waals surface area contributed by atoms with Crippen LogP contribution in [0, 0.1) is 0 Å². The van der Waals surface area contributed by atoms with E-state index in [-0.39, 0.29) is 35.5 Å². The normalized spacial score (nSPS) is 13.4. The van der Waals surface area contributed by atoms with Gasteiger partial charge in [0, 0.05) is 12.6 Å². The van der Waals surface area contributed by atoms with Crippen molar-refractivity contribution >= 4 is 23.4 Å². The van der Waals surface area contributed by atoms with Gasteiger partial charge in [-0.15, -0.1) is 0 Å². The van der Waals surface area contributed by atoms with E-state index in [0.29, 0.717) is 5.69 Å². The van der Waals surface area contributed by atoms with Crippen molar-refractivity contribution in [1.82, 2.24) is 9.88 Å². The Kier molecular flexibility index (Phi) is 6.28. The third-order valence-electron chi connectivity index (χ3n) is 6.18. The molecule has 0 saturated heterocycles. The SMILES string of the molecule is O=C(C(Cc1ccccc1)N1C(=O)c2ccccc2C1=O)N(Cc1ccccn1)c1ccccc1O. The highest BCUT2D eigenvalue weighted by molar-refractivity contribution is 6.23. The molecule has 0 saturated carbocycles. The van der Waals surface area contributed by atoms with E-state index in [9.17, 15) is 19.5 Å². The maximum atomic E-state index is 14.3. The molecule has 0 spiro atoms. The van der Waals surface area contributed by atoms with Crippen LogP contribution in [0.15, 0.2) is 103 Å². The molecule has 2 heterocycles. The second-order valence-electron chi connectivity index (χ2n) is 8.47. The number of pyridine rings is 1. The van der Waals surface area contributed by atoms with E-state index in [0.717, 1.165) is 10.5 Å². The predicted molar refractivity (Wildman–Crippen MR) is 134 cm³/mol. The fraction of sp³-hybridized carbons (Fsp3) is 0.103. The highest BCUT2D eigenvalue weighted by atomic mass is 16.3. The number of benzene rings is 3. The summed E-state index contributed by atoms with van der Waals surface area (Å²) in [6, 6.07) is 26.5. The lowest BCUT2D eigenvalue weighted by molar-refractivity contribution is -0.122. The molecule has 5 rings (SSSR count). The molecule has 7 heteroatoms. The number of nitrogens with zero attached hydrogens (tertiary/aromatic N) is 3. The van der Waals surface area contributed by atoms with Crippen LogP contribution in [0.4, 0.5) is 5.69 Å². The fourth-order valence-electron chi connectivity index (χ4n) is 4.43. The van der Waals surface area contributed by atoms with Crippen LogP contribution in [0.3, 0.4) is 0 Å². The first-order chi connectivity index (χ1) is 17.5. The number of aromatic hydroxyl groups is 1. The Morgan fingerprint density at radius 3 is 2.06 bits per heavy atom. The van der Waals surface area contributed by atoms with Crippen molar-refractivity contribution < 1.29 is 19.5 Å². The zero-order chi connectivity index (χ0) is 25.1. The number of aromatic nitrogens is 1. The molecular weight excluding hydrogens is 454 g/mol. The molecule has 1 unspecified atom stereocenters. The highest BCUT2D eigenvalue weighted by Crippen LogP contribution is 2.32. The number of anilines is 1. The van der Waals surface area contributed by atoms with Gasteiger partial charge in [-0.25, -0.2) is 0 Å². The van der Waals surface area contributed by atoms with Crippen LogP contribution < -0.4 is 4.90 Å². The first kappa shape index (κ1) is 23.0. The van der Waals surface area contributed by atoms with Crippen molar-refractivity contribution in [2.45, 2.75) is 19.0 Å². The Morgan fingerprint density at radius 2 is 1.42 bits per heavy atom. The van der Waals surface area contributed by atoms with Gasteiger partial charge in [0.15, 0.2) is 0 Å². The quantitative estimate of drug-likeness (QED) is 0.403. The monoisotopic (exact) mass is 477 g/mol. The number of fused-ring (bicyclic) bond motifs is 1. The van der Waals surface area contributed by atoms with Gasteiger partial charge in [0.2, 0.25) is 0 Å². The fourth-order valence-corrected chi connectivity index (χ4v) is 4.43. The van der Waals surface area contributed by atoms with Crippen LogP contribution in [-0.4, -0.2) is 38.8 Å². The van der Waals surface area contributed by atoms with Gasteiger partial charge in [-0.05, 0) is 42.0 Å². The Labute approximate surface area is 208 Å². The molecule has 1 aromatic heterocycles. The van der Waals surface area contributed by atoms with Gasteiger partial charge in [-0.3, -0.25) is 24.3 Å². The molecule has 1 atom stereocenters. The average Bonchev–Trinajstić information content (AvgIpc) is 3.17. The second-order valence-corrected chi connectivity index (χ2v) is 8.47. The number of imide groups is 1. The second kappa shape index (κ2) is 9.84. The van der Waals surface area contributed by atoms with Gasteiger partial charge >= 0.3 is 0 Å². The molecule has 0 fully saturated rings. The summed E-state index contributed by atoms with van der Waals surface area (Å²) in [4.78, 5) is 47.8. The zero-order valence-corrected chi connectivity index (χ0v) is 19.3. The third-order valence-corrected chi connectivity index (χ3v) is 6.18. The van der Waals surface area contributed by atoms with Gasteiger partial charge in [0.25, 0.3) is 17.7 Å². The van der Waals surface area contributed by atoms with E-state index < -0.39 is 23.8 Å². The number of carbonyl (C=O) groups is 3. The summed E-state index contributed by atoms with van der Waals surface area (Å²) >= 11 is 0. The van der Waals surface area contributed by atoms with Gasteiger partial charge in [-0.2, -0.15) is 0 Å². The number of hydrogen-bond acceptors (Lipinski definition) is 5. The van der Waals surface area contributed by atoms with Gasteiger partial charge in [0.1, 0.15) is 11.8 Å². The standard InChI is InChI=1S/C29H23N3O4/c33-26-16-7-6-15-24(26)31(19-21-12-8-9-17-30-21)29(36)25(18-20-10-2-1-3-11-20)32-27(34)22-13-4-5-14-23(22)28(32)35/h1-17,25,33H,18-19H2. The lowest BCUT2D eigenvalue weighted by atomic mass is 10.0. The van der Waals surface area contributed by atoms with Crippen LogP contribution in [0.5, 0.6) is 5.75 Å². The van der Waals surface area contributed by atoms with E-state index in [1.807, 2.05) is 30.3 Å². The smallest absolute Gasteiger partial charge is 0.262 e. The first-order valence-corrected chi connectivity index (χ1v) is 11.5. The molecule has 36 heavy (non-hydrogen) atoms. The first-order valence-electron chi connectivity index (χ1n) is 11.5. The van der Waals surface area contributed by atoms with Crippen molar-refractivity contribution in [3.8, 4) is 5.75 Å². The van der Waals surface area contributed by atoms with Gasteiger partial charge < -0.3 is 10.0 Å². The van der Waals surface area contributed by atoms with Crippen LogP contribution in [-0.2, 0) is 17.8 Å². The lowest BCUT2D eigenvalue weighted by Crippen LogP contribution is -2.52. The van der Waals surface area contributed by atoms with E-state index in [1.165, 1.54) is 11.0 Å². The lowest BCUT2D eigenvalue weighted by Gasteiger charge is -2.32. The Bertz CT molecular complexity index is 1390. The molecule has 3 aromatic carbocycles. The minimum Gasteiger partial charge on any atom is -0.506 e. The minimum absolute atomic E-state index is 0.0473. The van der Waals surface area contributed by atoms with Crippen LogP contribution in [0.1, 0.15) is 32.0 Å². The Morgan fingerprint density at radius 1 is 0.806 bits per heavy atom. The number of rotatable bonds is 7. The van der Waals surface area contributed by atoms with E-state index in [2.05, 4.69) is 4.98 Å². The summed E-state index contributed by atoms with van der Waals surface area (Å²) in [5.41, 5.74) is 2.19. The minimum atomic E-state index is -1.14. The van der Waals surface area contributed by atoms with Crippen molar-refractivity contribution in [2.24, 2.45) is 0 Å². The summed E-state index contributed by atoms with van der Waals surface area (Å²) in [7, 11) is 0. The van der Waals surface area contributed by atoms with Crippen LogP contribution >= 0.6 is 0 Å². The van der Waals surface area contributed by atoms with Crippen LogP contribution in [0.2, 0.25) is 0 Å². The molecule has 178 valence electrons. The van der Waals surface area contributed by atoms with E-state index in [4.69, 9.17) is 0 Å². The Hall–Kier alpha value is -4.78. The number of carbonyl (C=O) groups excluding carboxylic acids is 3. The summed E-state index contributed by atoms with van der Waals surface area (Å²) in [6.07, 6.45) is 1.74. The molecular formula is C29H23N3O4. The topological polar surface area (TPSA) is 90.8 Å². The molecule has 4 aromatic rings. The predicted octanol–water partition coefficient (Wildman–Crippen LogP) is 4.23. The molecule has 0 radical (unpaired) electrons. The van der Waals surface area contributed by atoms with Crippen molar-refractivity contribution in [1.29, 1.82) is 0 Å². The van der Waals surface area contributed by atoms with Crippen molar-refractivity contribution in [3.63, 3.8) is 0 Å². The summed E-state index contributed by atoms with van der Waals surface area (Å²) in [6.45, 7) is 0.0473. The molecule has 1 aliphatic heterocycles. The van der Waals surface area contributed by atoms with Crippen molar-refractivity contribution in [3.05, 3.63) is 126 Å². The number of phenols is 1. The number of phenolic OH excluding ortho intramolecular Hbond substituents is 1. The van der Waals surface area contributed by atoms with E-state index in [1.54, 1.807) is 66.9 Å². The summed E-state index contributed by atoms with van der Waals surface area (Å²) in [5.74, 6) is -1.62. The largest absolute Gasteiger partial charge is 0.506 e. The van der Waals surface area contributed by atoms with Crippen molar-refractivity contribution in [2.75, 3.05) is 4.90 Å². The van der Waals surface area contributed by atoms with Crippen LogP contribution in [0.25, 0.3) is 0 Å². The molecule has 1 N–H and O–H groups in total. The zero-order valence-electron chi connectivity index (χ0n) is 19.3. The molecule has 7 nitrogen and oxygen atoms in total. The van der Waals surface area contributed by atoms with Gasteiger partial charge in [-0.1, -0.05) is 60.7 Å². The van der Waals surface area contributed by atoms with Gasteiger partial charge in [0.05, 0.1) is 29.1 Å². The highest BCUT2D eigenvalue weighted by Gasteiger charge is 2.44. The maximum absolute atomic E-state index is 14.3.